The zero-order valence-electron chi connectivity index (χ0n) is 15.0. The number of nitriles is 1. The summed E-state index contributed by atoms with van der Waals surface area (Å²) in [5.74, 6) is 0.622. The van der Waals surface area contributed by atoms with E-state index in [0.717, 1.165) is 0 Å². The molecule has 0 fully saturated rings. The lowest BCUT2D eigenvalue weighted by molar-refractivity contribution is -0.122. The van der Waals surface area contributed by atoms with Crippen molar-refractivity contribution in [2.75, 3.05) is 21.3 Å². The second-order valence-corrected chi connectivity index (χ2v) is 6.32. The summed E-state index contributed by atoms with van der Waals surface area (Å²) < 4.78 is 17.7. The molecular formula is C18H18BrN3O5. The Morgan fingerprint density at radius 3 is 2.37 bits per heavy atom. The van der Waals surface area contributed by atoms with Crippen molar-refractivity contribution >= 4 is 21.8 Å². The average molecular weight is 436 g/mol. The minimum atomic E-state index is -0.964. The van der Waals surface area contributed by atoms with E-state index in [0.29, 0.717) is 27.3 Å². The van der Waals surface area contributed by atoms with Crippen molar-refractivity contribution in [2.45, 2.75) is 12.6 Å². The summed E-state index contributed by atoms with van der Waals surface area (Å²) in [6, 6.07) is 7.16. The first-order chi connectivity index (χ1) is 12.9. The lowest BCUT2D eigenvalue weighted by Crippen LogP contribution is -2.34. The van der Waals surface area contributed by atoms with Gasteiger partial charge in [0.15, 0.2) is 11.5 Å². The van der Waals surface area contributed by atoms with Crippen molar-refractivity contribution in [3.05, 3.63) is 50.9 Å². The number of rotatable bonds is 7. The molecule has 0 saturated heterocycles. The maximum absolute atomic E-state index is 12.3. The Balaban J connectivity index is 2.26. The Hall–Kier alpha value is -2.99. The molecule has 0 bridgehead atoms. The van der Waals surface area contributed by atoms with Crippen molar-refractivity contribution in [1.82, 2.24) is 9.88 Å². The van der Waals surface area contributed by atoms with Crippen LogP contribution in [-0.4, -0.2) is 31.8 Å². The third kappa shape index (κ3) is 4.80. The topological polar surface area (TPSA) is 103 Å². The van der Waals surface area contributed by atoms with Gasteiger partial charge in [-0.05, 0) is 39.7 Å². The van der Waals surface area contributed by atoms with Crippen LogP contribution < -0.4 is 25.1 Å². The highest BCUT2D eigenvalue weighted by atomic mass is 79.9. The smallest absolute Gasteiger partial charge is 0.251 e. The third-order valence-electron chi connectivity index (χ3n) is 3.72. The molecule has 0 aliphatic rings. The van der Waals surface area contributed by atoms with Crippen LogP contribution in [0.2, 0.25) is 0 Å². The van der Waals surface area contributed by atoms with Crippen molar-refractivity contribution in [3.8, 4) is 23.3 Å². The third-order valence-corrected chi connectivity index (χ3v) is 4.19. The van der Waals surface area contributed by atoms with E-state index in [2.05, 4.69) is 21.2 Å². The van der Waals surface area contributed by atoms with Crippen LogP contribution in [0, 0.1) is 11.3 Å². The van der Waals surface area contributed by atoms with Gasteiger partial charge in [-0.3, -0.25) is 9.59 Å². The quantitative estimate of drug-likeness (QED) is 0.713. The molecule has 1 amide bonds. The number of pyridine rings is 1. The maximum atomic E-state index is 12.3. The second-order valence-electron chi connectivity index (χ2n) is 5.40. The van der Waals surface area contributed by atoms with E-state index >= 15 is 0 Å². The number of aromatic nitrogens is 1. The number of carbonyl (C=O) groups excluding carboxylic acids is 1. The van der Waals surface area contributed by atoms with Crippen LogP contribution in [-0.2, 0) is 11.3 Å². The largest absolute Gasteiger partial charge is 0.493 e. The van der Waals surface area contributed by atoms with Gasteiger partial charge in [0.05, 0.1) is 27.4 Å². The minimum absolute atomic E-state index is 0.221. The molecule has 8 nitrogen and oxygen atoms in total. The number of hydrogen-bond donors (Lipinski definition) is 1. The van der Waals surface area contributed by atoms with Gasteiger partial charge in [0.2, 0.25) is 11.7 Å². The van der Waals surface area contributed by atoms with Crippen LogP contribution in [0.5, 0.6) is 17.2 Å². The lowest BCUT2D eigenvalue weighted by Gasteiger charge is -2.17. The van der Waals surface area contributed by atoms with Crippen LogP contribution in [0.3, 0.4) is 0 Å². The van der Waals surface area contributed by atoms with Crippen LogP contribution in [0.15, 0.2) is 39.7 Å². The fourth-order valence-electron chi connectivity index (χ4n) is 2.45. The number of nitrogens with one attached hydrogen (secondary N) is 1. The number of ether oxygens (including phenoxy) is 3. The molecule has 0 spiro atoms. The molecule has 0 aliphatic heterocycles. The average Bonchev–Trinajstić information content (AvgIpc) is 2.67. The number of hydrogen-bond acceptors (Lipinski definition) is 6. The molecular weight excluding hydrogens is 418 g/mol. The van der Waals surface area contributed by atoms with E-state index in [1.165, 1.54) is 38.2 Å². The summed E-state index contributed by atoms with van der Waals surface area (Å²) in [4.78, 5) is 24.1. The molecule has 1 unspecified atom stereocenters. The predicted molar refractivity (Wildman–Crippen MR) is 101 cm³/mol. The molecule has 1 N–H and O–H groups in total. The first kappa shape index (κ1) is 20.3. The monoisotopic (exact) mass is 435 g/mol. The summed E-state index contributed by atoms with van der Waals surface area (Å²) in [6.07, 6.45) is 1.50. The van der Waals surface area contributed by atoms with Gasteiger partial charge >= 0.3 is 0 Å². The Kier molecular flexibility index (Phi) is 6.85. The molecule has 2 rings (SSSR count). The zero-order valence-corrected chi connectivity index (χ0v) is 16.6. The number of methoxy groups -OCH3 is 3. The fourth-order valence-corrected chi connectivity index (χ4v) is 2.82. The van der Waals surface area contributed by atoms with Gasteiger partial charge in [-0.25, -0.2) is 0 Å². The Morgan fingerprint density at radius 2 is 1.85 bits per heavy atom. The van der Waals surface area contributed by atoms with Crippen molar-refractivity contribution in [1.29, 1.82) is 5.26 Å². The highest BCUT2D eigenvalue weighted by Crippen LogP contribution is 2.39. The van der Waals surface area contributed by atoms with E-state index < -0.39 is 11.9 Å². The van der Waals surface area contributed by atoms with Gasteiger partial charge in [-0.2, -0.15) is 5.26 Å². The van der Waals surface area contributed by atoms with Crippen LogP contribution in [0.1, 0.15) is 11.6 Å². The van der Waals surface area contributed by atoms with Gasteiger partial charge in [0.25, 0.3) is 5.56 Å². The van der Waals surface area contributed by atoms with E-state index in [9.17, 15) is 14.9 Å². The first-order valence-corrected chi connectivity index (χ1v) is 8.57. The van der Waals surface area contributed by atoms with Crippen molar-refractivity contribution < 1.29 is 19.0 Å². The van der Waals surface area contributed by atoms with Gasteiger partial charge in [-0.1, -0.05) is 0 Å². The van der Waals surface area contributed by atoms with Gasteiger partial charge < -0.3 is 24.1 Å². The number of carbonyl (C=O) groups is 1. The van der Waals surface area contributed by atoms with E-state index in [1.807, 2.05) is 6.07 Å². The Labute approximate surface area is 164 Å². The summed E-state index contributed by atoms with van der Waals surface area (Å²) in [7, 11) is 4.39. The predicted octanol–water partition coefficient (Wildman–Crippen LogP) is 2.02. The molecule has 0 radical (unpaired) electrons. The van der Waals surface area contributed by atoms with Gasteiger partial charge in [0, 0.05) is 16.7 Å². The maximum Gasteiger partial charge on any atom is 0.251 e. The standard InChI is InChI=1S/C18H18BrN3O5/c1-25-14-6-11(7-15(26-2)18(14)27-3)13(8-20)21-16(23)10-22-9-12(19)4-5-17(22)24/h4-7,9,13H,10H2,1-3H3,(H,21,23). The van der Waals surface area contributed by atoms with Crippen LogP contribution >= 0.6 is 15.9 Å². The molecule has 27 heavy (non-hydrogen) atoms. The molecule has 1 aromatic heterocycles. The van der Waals surface area contributed by atoms with Crippen molar-refractivity contribution in [2.24, 2.45) is 0 Å². The fraction of sp³-hybridized carbons (Fsp3) is 0.278. The van der Waals surface area contributed by atoms with Crippen LogP contribution in [0.4, 0.5) is 0 Å². The second kappa shape index (κ2) is 9.09. The summed E-state index contributed by atoms with van der Waals surface area (Å²) in [5, 5.41) is 12.1. The first-order valence-electron chi connectivity index (χ1n) is 7.78. The zero-order chi connectivity index (χ0) is 20.0. The molecule has 9 heteroatoms. The summed E-state index contributed by atoms with van der Waals surface area (Å²) >= 11 is 3.25. The lowest BCUT2D eigenvalue weighted by atomic mass is 10.1. The van der Waals surface area contributed by atoms with E-state index in [1.54, 1.807) is 18.2 Å². The summed E-state index contributed by atoms with van der Waals surface area (Å²) in [6.45, 7) is -0.221. The highest BCUT2D eigenvalue weighted by molar-refractivity contribution is 9.10. The summed E-state index contributed by atoms with van der Waals surface area (Å²) in [5.41, 5.74) is 0.136. The van der Waals surface area contributed by atoms with Gasteiger partial charge in [-0.15, -0.1) is 0 Å². The molecule has 0 aliphatic carbocycles. The minimum Gasteiger partial charge on any atom is -0.493 e. The number of amides is 1. The number of halogens is 1. The van der Waals surface area contributed by atoms with Crippen LogP contribution in [0.25, 0.3) is 0 Å². The molecule has 2 aromatic rings. The molecule has 1 atom stereocenters. The van der Waals surface area contributed by atoms with Crippen molar-refractivity contribution in [3.63, 3.8) is 0 Å². The SMILES string of the molecule is COc1cc(C(C#N)NC(=O)Cn2cc(Br)ccc2=O)cc(OC)c1OC. The highest BCUT2D eigenvalue weighted by Gasteiger charge is 2.20. The number of benzene rings is 1. The molecule has 142 valence electrons. The van der Waals surface area contributed by atoms with E-state index in [4.69, 9.17) is 14.2 Å². The molecule has 1 aromatic carbocycles. The van der Waals surface area contributed by atoms with E-state index in [-0.39, 0.29) is 12.1 Å². The Bertz CT molecular complexity index is 910. The Morgan fingerprint density at radius 1 is 1.22 bits per heavy atom. The van der Waals surface area contributed by atoms with Gasteiger partial charge in [0.1, 0.15) is 12.6 Å². The molecule has 1 heterocycles. The molecule has 0 saturated carbocycles. The normalized spacial score (nSPS) is 11.2. The number of nitrogens with zero attached hydrogens (tertiary/aromatic N) is 2.